The first kappa shape index (κ1) is 25.8. The van der Waals surface area contributed by atoms with E-state index >= 15 is 0 Å². The number of hydrogen-bond acceptors (Lipinski definition) is 6. The van der Waals surface area contributed by atoms with Gasteiger partial charge < -0.3 is 10.2 Å². The molecule has 2 aliphatic rings. The third kappa shape index (κ3) is 5.77. The lowest BCUT2D eigenvalue weighted by molar-refractivity contribution is -0.333. The number of hydrogen-bond donors (Lipinski definition) is 3. The molecule has 2 aromatic heterocycles. The zero-order valence-corrected chi connectivity index (χ0v) is 22.6. The van der Waals surface area contributed by atoms with E-state index in [4.69, 9.17) is 10.2 Å². The lowest BCUT2D eigenvalue weighted by Crippen LogP contribution is -2.52. The Labute approximate surface area is 234 Å². The van der Waals surface area contributed by atoms with E-state index in [1.54, 1.807) is 0 Å². The van der Waals surface area contributed by atoms with Crippen molar-refractivity contribution in [2.24, 2.45) is 0 Å². The van der Waals surface area contributed by atoms with E-state index in [1.807, 2.05) is 65.7 Å². The van der Waals surface area contributed by atoms with Crippen LogP contribution in [0.2, 0.25) is 0 Å². The molecule has 1 saturated heterocycles. The summed E-state index contributed by atoms with van der Waals surface area (Å²) in [5.74, 6) is 1.34. The van der Waals surface area contributed by atoms with Crippen LogP contribution in [0.1, 0.15) is 48.0 Å². The molecule has 0 bridgehead atoms. The number of nitrogens with zero attached hydrogens (tertiary/aromatic N) is 4. The molecule has 1 aliphatic heterocycles. The van der Waals surface area contributed by atoms with E-state index in [0.29, 0.717) is 29.8 Å². The molecule has 1 amide bonds. The second-order valence-electron chi connectivity index (χ2n) is 10.7. The molecule has 0 radical (unpaired) electrons. The Morgan fingerprint density at radius 2 is 1.80 bits per heavy atom. The lowest BCUT2D eigenvalue weighted by atomic mass is 9.94. The molecular formula is C31H35N8O+. The minimum Gasteiger partial charge on any atom is -0.336 e. The molecule has 2 aromatic carbocycles. The van der Waals surface area contributed by atoms with Crippen LogP contribution in [0.25, 0.3) is 11.0 Å². The highest BCUT2D eigenvalue weighted by molar-refractivity contribution is 5.94. The van der Waals surface area contributed by atoms with Gasteiger partial charge in [-0.3, -0.25) is 20.0 Å². The maximum absolute atomic E-state index is 13.2. The molecule has 0 spiro atoms. The maximum Gasteiger partial charge on any atom is 0.351 e. The highest BCUT2D eigenvalue weighted by Gasteiger charge is 2.27. The van der Waals surface area contributed by atoms with Crippen molar-refractivity contribution < 1.29 is 9.78 Å². The molecule has 1 aliphatic carbocycles. The molecule has 2 fully saturated rings. The van der Waals surface area contributed by atoms with Crippen LogP contribution >= 0.6 is 0 Å². The number of anilines is 4. The van der Waals surface area contributed by atoms with Crippen LogP contribution in [0.3, 0.4) is 0 Å². The first-order valence-corrected chi connectivity index (χ1v) is 14.2. The van der Waals surface area contributed by atoms with Crippen LogP contribution in [0, 0.1) is 11.3 Å². The molecule has 9 heteroatoms. The zero-order chi connectivity index (χ0) is 27.3. The second-order valence-corrected chi connectivity index (χ2v) is 10.7. The number of piperazine rings is 1. The zero-order valence-electron chi connectivity index (χ0n) is 22.6. The fourth-order valence-corrected chi connectivity index (χ4v) is 5.88. The summed E-state index contributed by atoms with van der Waals surface area (Å²) in [7, 11) is 0. The van der Waals surface area contributed by atoms with E-state index in [1.165, 1.54) is 32.1 Å². The molecule has 0 unspecified atom stereocenters. The van der Waals surface area contributed by atoms with Crippen molar-refractivity contribution in [3.63, 3.8) is 0 Å². The summed E-state index contributed by atoms with van der Waals surface area (Å²) in [6.45, 7) is 3.52. The average molecular weight is 536 g/mol. The van der Waals surface area contributed by atoms with Gasteiger partial charge in [-0.05, 0) is 60.9 Å². The van der Waals surface area contributed by atoms with Crippen molar-refractivity contribution in [1.82, 2.24) is 19.8 Å². The van der Waals surface area contributed by atoms with Crippen molar-refractivity contribution >= 4 is 40.1 Å². The van der Waals surface area contributed by atoms with Gasteiger partial charge in [-0.2, -0.15) is 5.26 Å². The highest BCUT2D eigenvalue weighted by atomic mass is 16.2. The average Bonchev–Trinajstić information content (AvgIpc) is 3.47. The normalized spacial score (nSPS) is 16.5. The van der Waals surface area contributed by atoms with Crippen LogP contribution < -0.4 is 15.6 Å². The first-order chi connectivity index (χ1) is 19.7. The smallest absolute Gasteiger partial charge is 0.336 e. The summed E-state index contributed by atoms with van der Waals surface area (Å²) in [6.07, 6.45) is 8.87. The van der Waals surface area contributed by atoms with Gasteiger partial charge in [-0.25, -0.2) is 4.98 Å². The van der Waals surface area contributed by atoms with E-state index in [0.717, 1.165) is 54.2 Å². The first-order valence-electron chi connectivity index (χ1n) is 14.2. The molecule has 4 N–H and O–H groups in total. The van der Waals surface area contributed by atoms with Crippen LogP contribution in [0.5, 0.6) is 0 Å². The van der Waals surface area contributed by atoms with Crippen molar-refractivity contribution in [3.05, 3.63) is 71.9 Å². The molecule has 0 atom stereocenters. The van der Waals surface area contributed by atoms with Gasteiger partial charge in [0.15, 0.2) is 0 Å². The monoisotopic (exact) mass is 535 g/mol. The molecule has 40 heavy (non-hydrogen) atoms. The SMILES string of the molecule is N#CCc1cccc(Nc2nc(Nc3ccc(C(=O)N4CCN(C5CCCCC5)CC4)cc3)[nH+]c3[nH]ccc23)c1. The van der Waals surface area contributed by atoms with Crippen molar-refractivity contribution in [1.29, 1.82) is 5.26 Å². The second kappa shape index (κ2) is 11.8. The van der Waals surface area contributed by atoms with Gasteiger partial charge in [0, 0.05) is 49.7 Å². The lowest BCUT2D eigenvalue weighted by Gasteiger charge is -2.40. The summed E-state index contributed by atoms with van der Waals surface area (Å²) in [4.78, 5) is 29.0. The fraction of sp³-hybridized carbons (Fsp3) is 0.355. The number of benzene rings is 2. The van der Waals surface area contributed by atoms with Gasteiger partial charge in [0.25, 0.3) is 5.91 Å². The number of fused-ring (bicyclic) bond motifs is 1. The number of nitriles is 1. The molecule has 6 rings (SSSR count). The number of carbonyl (C=O) groups excluding carboxylic acids is 1. The Morgan fingerprint density at radius 1 is 1.00 bits per heavy atom. The Bertz CT molecular complexity index is 1510. The molecule has 204 valence electrons. The van der Waals surface area contributed by atoms with Crippen LogP contribution in [-0.2, 0) is 6.42 Å². The fourth-order valence-electron chi connectivity index (χ4n) is 5.88. The quantitative estimate of drug-likeness (QED) is 0.306. The predicted molar refractivity (Wildman–Crippen MR) is 156 cm³/mol. The number of aromatic amines is 2. The van der Waals surface area contributed by atoms with Gasteiger partial charge in [-0.15, -0.1) is 0 Å². The van der Waals surface area contributed by atoms with Gasteiger partial charge >= 0.3 is 5.95 Å². The Kier molecular flexibility index (Phi) is 7.60. The molecule has 4 aromatic rings. The maximum atomic E-state index is 13.2. The summed E-state index contributed by atoms with van der Waals surface area (Å²) < 4.78 is 0. The standard InChI is InChI=1S/C31H34N8O/c32-15-13-22-5-4-6-25(21-22)34-29-27-14-16-33-28(27)36-31(37-29)35-24-11-9-23(10-12-24)30(40)39-19-17-38(18-20-39)26-7-2-1-3-8-26/h4-6,9-12,14,16,21,26H,1-3,7-8,13,17-20H2,(H3,33,34,35,36,37)/p+1. The minimum atomic E-state index is 0.0949. The van der Waals surface area contributed by atoms with Crippen LogP contribution in [-0.4, -0.2) is 57.9 Å². The largest absolute Gasteiger partial charge is 0.351 e. The van der Waals surface area contributed by atoms with Crippen LogP contribution in [0.4, 0.5) is 23.1 Å². The van der Waals surface area contributed by atoms with Gasteiger partial charge in [0.2, 0.25) is 11.5 Å². The summed E-state index contributed by atoms with van der Waals surface area (Å²) >= 11 is 0. The Morgan fingerprint density at radius 3 is 2.58 bits per heavy atom. The molecule has 1 saturated carbocycles. The number of nitrogens with one attached hydrogen (secondary N) is 4. The van der Waals surface area contributed by atoms with Gasteiger partial charge in [-0.1, -0.05) is 36.4 Å². The molecule has 9 nitrogen and oxygen atoms in total. The third-order valence-corrected chi connectivity index (χ3v) is 8.03. The number of rotatable bonds is 7. The van der Waals surface area contributed by atoms with Crippen molar-refractivity contribution in [2.75, 3.05) is 36.8 Å². The Hall–Kier alpha value is -4.42. The Balaban J connectivity index is 1.11. The van der Waals surface area contributed by atoms with Gasteiger partial charge in [0.05, 0.1) is 23.6 Å². The van der Waals surface area contributed by atoms with E-state index in [9.17, 15) is 4.79 Å². The summed E-state index contributed by atoms with van der Waals surface area (Å²) in [5.41, 5.74) is 4.16. The summed E-state index contributed by atoms with van der Waals surface area (Å²) in [5, 5.41) is 16.7. The molecular weight excluding hydrogens is 500 g/mol. The van der Waals surface area contributed by atoms with E-state index < -0.39 is 0 Å². The van der Waals surface area contributed by atoms with E-state index in [-0.39, 0.29) is 5.91 Å². The van der Waals surface area contributed by atoms with Gasteiger partial charge in [0.1, 0.15) is 0 Å². The number of aromatic nitrogens is 3. The highest BCUT2D eigenvalue weighted by Crippen LogP contribution is 2.26. The predicted octanol–water partition coefficient (Wildman–Crippen LogP) is 5.02. The topological polar surface area (TPSA) is 114 Å². The minimum absolute atomic E-state index is 0.0949. The third-order valence-electron chi connectivity index (χ3n) is 8.03. The van der Waals surface area contributed by atoms with E-state index in [2.05, 4.69) is 31.6 Å². The van der Waals surface area contributed by atoms with Crippen LogP contribution in [0.15, 0.2) is 60.8 Å². The number of H-pyrrole nitrogens is 2. The van der Waals surface area contributed by atoms with Crippen molar-refractivity contribution in [2.45, 2.75) is 44.6 Å². The van der Waals surface area contributed by atoms with Crippen molar-refractivity contribution in [3.8, 4) is 6.07 Å². The number of carbonyl (C=O) groups is 1. The number of amides is 1. The summed E-state index contributed by atoms with van der Waals surface area (Å²) in [6, 6.07) is 20.2. The molecule has 3 heterocycles.